The van der Waals surface area contributed by atoms with Gasteiger partial charge >= 0.3 is 5.97 Å². The molecule has 1 aliphatic heterocycles. The van der Waals surface area contributed by atoms with Crippen LogP contribution >= 0.6 is 0 Å². The molecule has 1 atom stereocenters. The number of nitrogens with zero attached hydrogens (tertiary/aromatic N) is 1. The zero-order chi connectivity index (χ0) is 15.1. The smallest absolute Gasteiger partial charge is 0.310 e. The number of amides is 1. The summed E-state index contributed by atoms with van der Waals surface area (Å²) in [6, 6.07) is 0. The SMILES string of the molecule is CCOC(=O)[C@@H]1CCCN(C(=O)C2CCCCCCC2)C1. The molecule has 1 aliphatic carbocycles. The summed E-state index contributed by atoms with van der Waals surface area (Å²) in [6.45, 7) is 3.63. The summed E-state index contributed by atoms with van der Waals surface area (Å²) in [7, 11) is 0. The number of carbonyl (C=O) groups excluding carboxylic acids is 2. The topological polar surface area (TPSA) is 46.6 Å². The zero-order valence-corrected chi connectivity index (χ0v) is 13.3. The van der Waals surface area contributed by atoms with Crippen LogP contribution in [0.25, 0.3) is 0 Å². The van der Waals surface area contributed by atoms with E-state index in [4.69, 9.17) is 4.74 Å². The first-order valence-corrected chi connectivity index (χ1v) is 8.67. The van der Waals surface area contributed by atoms with Crippen LogP contribution in [0.3, 0.4) is 0 Å². The maximum absolute atomic E-state index is 12.7. The Morgan fingerprint density at radius 1 is 0.952 bits per heavy atom. The Kier molecular flexibility index (Phi) is 6.52. The molecule has 4 heteroatoms. The number of piperidine rings is 1. The molecule has 1 saturated carbocycles. The van der Waals surface area contributed by atoms with Crippen molar-refractivity contribution in [3.63, 3.8) is 0 Å². The Hall–Kier alpha value is -1.06. The standard InChI is InChI=1S/C17H29NO3/c1-2-21-17(20)15-11-8-12-18(13-15)16(19)14-9-6-4-3-5-7-10-14/h14-15H,2-13H2,1H3/t15-/m1/s1. The number of hydrogen-bond acceptors (Lipinski definition) is 3. The largest absolute Gasteiger partial charge is 0.466 e. The van der Waals surface area contributed by atoms with Crippen molar-refractivity contribution in [1.29, 1.82) is 0 Å². The molecular weight excluding hydrogens is 266 g/mol. The number of carbonyl (C=O) groups is 2. The van der Waals surface area contributed by atoms with E-state index < -0.39 is 0 Å². The molecule has 0 spiro atoms. The first kappa shape index (κ1) is 16.3. The molecule has 0 aromatic rings. The van der Waals surface area contributed by atoms with Crippen LogP contribution in [0, 0.1) is 11.8 Å². The molecule has 0 N–H and O–H groups in total. The lowest BCUT2D eigenvalue weighted by Crippen LogP contribution is -2.45. The second-order valence-corrected chi connectivity index (χ2v) is 6.42. The molecule has 0 radical (unpaired) electrons. The van der Waals surface area contributed by atoms with Crippen LogP contribution in [0.5, 0.6) is 0 Å². The van der Waals surface area contributed by atoms with Gasteiger partial charge in [0.2, 0.25) is 5.91 Å². The van der Waals surface area contributed by atoms with E-state index in [9.17, 15) is 9.59 Å². The molecule has 120 valence electrons. The number of ether oxygens (including phenoxy) is 1. The lowest BCUT2D eigenvalue weighted by Gasteiger charge is -2.34. The Labute approximate surface area is 128 Å². The minimum atomic E-state index is -0.132. The maximum atomic E-state index is 12.7. The van der Waals surface area contributed by atoms with Gasteiger partial charge in [-0.15, -0.1) is 0 Å². The molecule has 2 aliphatic rings. The van der Waals surface area contributed by atoms with E-state index in [1.165, 1.54) is 32.1 Å². The van der Waals surface area contributed by atoms with E-state index in [0.29, 0.717) is 13.2 Å². The summed E-state index contributed by atoms with van der Waals surface area (Å²) in [5, 5.41) is 0. The molecule has 0 bridgehead atoms. The van der Waals surface area contributed by atoms with Crippen molar-refractivity contribution in [3.8, 4) is 0 Å². The van der Waals surface area contributed by atoms with Crippen LogP contribution in [0.1, 0.15) is 64.7 Å². The summed E-state index contributed by atoms with van der Waals surface area (Å²) in [4.78, 5) is 26.5. The van der Waals surface area contributed by atoms with Crippen LogP contribution in [0.4, 0.5) is 0 Å². The Bertz CT molecular complexity index is 348. The Morgan fingerprint density at radius 2 is 1.57 bits per heavy atom. The quantitative estimate of drug-likeness (QED) is 0.751. The normalized spacial score (nSPS) is 25.0. The zero-order valence-electron chi connectivity index (χ0n) is 13.3. The molecule has 21 heavy (non-hydrogen) atoms. The van der Waals surface area contributed by atoms with E-state index in [2.05, 4.69) is 0 Å². The van der Waals surface area contributed by atoms with Gasteiger partial charge in [-0.3, -0.25) is 9.59 Å². The minimum absolute atomic E-state index is 0.115. The fourth-order valence-electron chi connectivity index (χ4n) is 3.59. The van der Waals surface area contributed by atoms with Crippen molar-refractivity contribution < 1.29 is 14.3 Å². The number of hydrogen-bond donors (Lipinski definition) is 0. The molecule has 2 rings (SSSR count). The Balaban J connectivity index is 1.89. The molecule has 0 aromatic heterocycles. The van der Waals surface area contributed by atoms with Gasteiger partial charge in [0.15, 0.2) is 0 Å². The van der Waals surface area contributed by atoms with Crippen LogP contribution in [-0.2, 0) is 14.3 Å². The summed E-state index contributed by atoms with van der Waals surface area (Å²) < 4.78 is 5.11. The van der Waals surface area contributed by atoms with Gasteiger partial charge in [-0.1, -0.05) is 32.1 Å². The van der Waals surface area contributed by atoms with Crippen molar-refractivity contribution in [3.05, 3.63) is 0 Å². The summed E-state index contributed by atoms with van der Waals surface area (Å²) >= 11 is 0. The fraction of sp³-hybridized carbons (Fsp3) is 0.882. The molecule has 1 heterocycles. The van der Waals surface area contributed by atoms with Gasteiger partial charge in [-0.2, -0.15) is 0 Å². The van der Waals surface area contributed by atoms with Crippen molar-refractivity contribution in [2.24, 2.45) is 11.8 Å². The van der Waals surface area contributed by atoms with Gasteiger partial charge in [0, 0.05) is 19.0 Å². The predicted molar refractivity (Wildman–Crippen MR) is 81.7 cm³/mol. The van der Waals surface area contributed by atoms with E-state index in [1.807, 2.05) is 11.8 Å². The molecule has 4 nitrogen and oxygen atoms in total. The van der Waals surface area contributed by atoms with Crippen LogP contribution in [0.15, 0.2) is 0 Å². The average Bonchev–Trinajstić information content (AvgIpc) is 2.47. The van der Waals surface area contributed by atoms with E-state index in [0.717, 1.165) is 32.2 Å². The first-order valence-electron chi connectivity index (χ1n) is 8.67. The highest BCUT2D eigenvalue weighted by Crippen LogP contribution is 2.26. The molecule has 0 aromatic carbocycles. The highest BCUT2D eigenvalue weighted by Gasteiger charge is 2.32. The molecular formula is C17H29NO3. The minimum Gasteiger partial charge on any atom is -0.466 e. The third-order valence-electron chi connectivity index (χ3n) is 4.81. The van der Waals surface area contributed by atoms with E-state index >= 15 is 0 Å². The van der Waals surface area contributed by atoms with Crippen molar-refractivity contribution in [2.45, 2.75) is 64.7 Å². The summed E-state index contributed by atoms with van der Waals surface area (Å²) in [5.74, 6) is 0.223. The predicted octanol–water partition coefficient (Wildman–Crippen LogP) is 3.15. The molecule has 1 amide bonds. The van der Waals surface area contributed by atoms with Crippen molar-refractivity contribution in [1.82, 2.24) is 4.90 Å². The van der Waals surface area contributed by atoms with Crippen LogP contribution < -0.4 is 0 Å². The van der Waals surface area contributed by atoms with Crippen molar-refractivity contribution >= 4 is 11.9 Å². The second-order valence-electron chi connectivity index (χ2n) is 6.42. The summed E-state index contributed by atoms with van der Waals surface area (Å²) in [5.41, 5.74) is 0. The second kappa shape index (κ2) is 8.40. The maximum Gasteiger partial charge on any atom is 0.310 e. The lowest BCUT2D eigenvalue weighted by atomic mass is 9.89. The first-order chi connectivity index (χ1) is 10.2. The van der Waals surface area contributed by atoms with Crippen LogP contribution in [0.2, 0.25) is 0 Å². The van der Waals surface area contributed by atoms with E-state index in [1.54, 1.807) is 0 Å². The lowest BCUT2D eigenvalue weighted by molar-refractivity contribution is -0.152. The van der Waals surface area contributed by atoms with Gasteiger partial charge in [-0.05, 0) is 32.6 Å². The monoisotopic (exact) mass is 295 g/mol. The average molecular weight is 295 g/mol. The summed E-state index contributed by atoms with van der Waals surface area (Å²) in [6.07, 6.45) is 10.0. The number of likely N-dealkylation sites (tertiary alicyclic amines) is 1. The number of rotatable bonds is 3. The third-order valence-corrected chi connectivity index (χ3v) is 4.81. The highest BCUT2D eigenvalue weighted by molar-refractivity contribution is 5.80. The van der Waals surface area contributed by atoms with Gasteiger partial charge in [-0.25, -0.2) is 0 Å². The van der Waals surface area contributed by atoms with Gasteiger partial charge in [0.05, 0.1) is 12.5 Å². The van der Waals surface area contributed by atoms with Crippen molar-refractivity contribution in [2.75, 3.05) is 19.7 Å². The number of esters is 1. The van der Waals surface area contributed by atoms with Gasteiger partial charge in [0.1, 0.15) is 0 Å². The van der Waals surface area contributed by atoms with Gasteiger partial charge in [0.25, 0.3) is 0 Å². The fourth-order valence-corrected chi connectivity index (χ4v) is 3.59. The van der Waals surface area contributed by atoms with E-state index in [-0.39, 0.29) is 23.7 Å². The molecule has 1 saturated heterocycles. The Morgan fingerprint density at radius 3 is 2.24 bits per heavy atom. The van der Waals surface area contributed by atoms with Gasteiger partial charge < -0.3 is 9.64 Å². The third kappa shape index (κ3) is 4.72. The van der Waals surface area contributed by atoms with Crippen LogP contribution in [-0.4, -0.2) is 36.5 Å². The molecule has 2 fully saturated rings. The highest BCUT2D eigenvalue weighted by atomic mass is 16.5. The molecule has 0 unspecified atom stereocenters.